The molecule has 0 heterocycles. The van der Waals surface area contributed by atoms with Gasteiger partial charge in [-0.05, 0) is 37.6 Å². The third kappa shape index (κ3) is 4.83. The molecule has 19 heavy (non-hydrogen) atoms. The van der Waals surface area contributed by atoms with Crippen molar-refractivity contribution in [3.8, 4) is 5.75 Å². The number of phenolic OH excluding ortho intramolecular Hbond substituents is 1. The van der Waals surface area contributed by atoms with Gasteiger partial charge < -0.3 is 15.5 Å². The third-order valence-corrected chi connectivity index (χ3v) is 2.83. The molecule has 3 N–H and O–H groups in total. The number of amides is 1. The maximum absolute atomic E-state index is 11.6. The van der Waals surface area contributed by atoms with E-state index in [2.05, 4.69) is 5.32 Å². The molecule has 0 aliphatic carbocycles. The van der Waals surface area contributed by atoms with Crippen molar-refractivity contribution in [3.05, 3.63) is 35.9 Å². The number of hydrogen-bond donors (Lipinski definition) is 3. The van der Waals surface area contributed by atoms with Gasteiger partial charge in [-0.3, -0.25) is 9.59 Å². The molecule has 0 saturated heterocycles. The number of carboxylic acid groups (broad SMARTS) is 1. The normalized spacial score (nSPS) is 14.0. The first-order chi connectivity index (χ1) is 8.90. The molecule has 0 aliphatic rings. The zero-order chi connectivity index (χ0) is 14.4. The van der Waals surface area contributed by atoms with Gasteiger partial charge >= 0.3 is 5.97 Å². The van der Waals surface area contributed by atoms with E-state index in [-0.39, 0.29) is 11.7 Å². The summed E-state index contributed by atoms with van der Waals surface area (Å²) in [6.07, 6.45) is 2.92. The Labute approximate surface area is 111 Å². The fourth-order valence-corrected chi connectivity index (χ4v) is 1.37. The molecule has 0 spiro atoms. The number of aromatic hydroxyl groups is 1. The summed E-state index contributed by atoms with van der Waals surface area (Å²) in [6.45, 7) is 3.18. The lowest BCUT2D eigenvalue weighted by Crippen LogP contribution is -2.39. The van der Waals surface area contributed by atoms with Crippen LogP contribution in [0.25, 0.3) is 6.08 Å². The average molecular weight is 263 g/mol. The summed E-state index contributed by atoms with van der Waals surface area (Å²) in [5.41, 5.74) is 0.770. The van der Waals surface area contributed by atoms with Crippen molar-refractivity contribution in [2.24, 2.45) is 5.92 Å². The van der Waals surface area contributed by atoms with Crippen molar-refractivity contribution >= 4 is 18.0 Å². The number of benzene rings is 1. The third-order valence-electron chi connectivity index (χ3n) is 2.83. The van der Waals surface area contributed by atoms with Crippen LogP contribution in [0.2, 0.25) is 0 Å². The second-order valence-corrected chi connectivity index (χ2v) is 4.35. The molecule has 102 valence electrons. The van der Waals surface area contributed by atoms with Crippen molar-refractivity contribution in [1.29, 1.82) is 0 Å². The van der Waals surface area contributed by atoms with Crippen LogP contribution in [0.15, 0.2) is 30.3 Å². The first-order valence-corrected chi connectivity index (χ1v) is 5.90. The summed E-state index contributed by atoms with van der Waals surface area (Å²) >= 11 is 0. The monoisotopic (exact) mass is 263 g/mol. The summed E-state index contributed by atoms with van der Waals surface area (Å²) in [5.74, 6) is -1.79. The molecule has 0 aromatic heterocycles. The molecule has 5 nitrogen and oxygen atoms in total. The molecule has 0 saturated carbocycles. The zero-order valence-electron chi connectivity index (χ0n) is 10.8. The molecule has 0 bridgehead atoms. The van der Waals surface area contributed by atoms with Crippen LogP contribution in [-0.2, 0) is 9.59 Å². The van der Waals surface area contributed by atoms with E-state index in [1.54, 1.807) is 25.1 Å². The molecule has 1 aromatic carbocycles. The highest BCUT2D eigenvalue weighted by molar-refractivity contribution is 5.92. The van der Waals surface area contributed by atoms with E-state index in [1.807, 2.05) is 0 Å². The van der Waals surface area contributed by atoms with E-state index in [1.165, 1.54) is 25.1 Å². The topological polar surface area (TPSA) is 86.6 Å². The van der Waals surface area contributed by atoms with Gasteiger partial charge in [-0.1, -0.05) is 12.1 Å². The molecule has 0 radical (unpaired) electrons. The second kappa shape index (κ2) is 6.58. The number of carbonyl (C=O) groups is 2. The highest BCUT2D eigenvalue weighted by Gasteiger charge is 2.19. The van der Waals surface area contributed by atoms with Crippen molar-refractivity contribution < 1.29 is 19.8 Å². The van der Waals surface area contributed by atoms with E-state index in [4.69, 9.17) is 10.2 Å². The summed E-state index contributed by atoms with van der Waals surface area (Å²) in [6, 6.07) is 5.93. The van der Waals surface area contributed by atoms with E-state index in [0.29, 0.717) is 0 Å². The fourth-order valence-electron chi connectivity index (χ4n) is 1.37. The van der Waals surface area contributed by atoms with Crippen LogP contribution >= 0.6 is 0 Å². The Kier molecular flexibility index (Phi) is 5.11. The summed E-state index contributed by atoms with van der Waals surface area (Å²) in [5, 5.41) is 20.5. The smallest absolute Gasteiger partial charge is 0.308 e. The largest absolute Gasteiger partial charge is 0.508 e. The van der Waals surface area contributed by atoms with Gasteiger partial charge in [-0.2, -0.15) is 0 Å². The van der Waals surface area contributed by atoms with Gasteiger partial charge in [-0.25, -0.2) is 0 Å². The Morgan fingerprint density at radius 2 is 1.79 bits per heavy atom. The minimum atomic E-state index is -0.949. The number of carbonyl (C=O) groups excluding carboxylic acids is 1. The Bertz CT molecular complexity index is 479. The minimum Gasteiger partial charge on any atom is -0.508 e. The van der Waals surface area contributed by atoms with Crippen LogP contribution in [0.3, 0.4) is 0 Å². The van der Waals surface area contributed by atoms with Gasteiger partial charge in [0.1, 0.15) is 5.75 Å². The number of rotatable bonds is 5. The molecule has 1 amide bonds. The number of aliphatic carboxylic acids is 1. The van der Waals surface area contributed by atoms with E-state index in [9.17, 15) is 9.59 Å². The lowest BCUT2D eigenvalue weighted by atomic mass is 10.0. The number of hydrogen-bond acceptors (Lipinski definition) is 3. The molecule has 1 aromatic rings. The average Bonchev–Trinajstić information content (AvgIpc) is 2.37. The van der Waals surface area contributed by atoms with Crippen molar-refractivity contribution in [1.82, 2.24) is 5.32 Å². The van der Waals surface area contributed by atoms with Crippen LogP contribution in [0.1, 0.15) is 19.4 Å². The minimum absolute atomic E-state index is 0.158. The number of phenols is 1. The fraction of sp³-hybridized carbons (Fsp3) is 0.286. The van der Waals surface area contributed by atoms with E-state index in [0.717, 1.165) is 5.56 Å². The van der Waals surface area contributed by atoms with Gasteiger partial charge in [0.05, 0.1) is 5.92 Å². The first-order valence-electron chi connectivity index (χ1n) is 5.90. The van der Waals surface area contributed by atoms with Gasteiger partial charge in [-0.15, -0.1) is 0 Å². The predicted octanol–water partition coefficient (Wildman–Crippen LogP) is 1.63. The summed E-state index contributed by atoms with van der Waals surface area (Å²) in [7, 11) is 0. The molecule has 5 heteroatoms. The summed E-state index contributed by atoms with van der Waals surface area (Å²) < 4.78 is 0. The molecule has 0 fully saturated rings. The highest BCUT2D eigenvalue weighted by atomic mass is 16.4. The molecule has 0 aliphatic heterocycles. The van der Waals surface area contributed by atoms with Gasteiger partial charge in [0.2, 0.25) is 5.91 Å². The number of carboxylic acids is 1. The van der Waals surface area contributed by atoms with Crippen LogP contribution in [0, 0.1) is 5.92 Å². The van der Waals surface area contributed by atoms with Gasteiger partial charge in [0, 0.05) is 12.1 Å². The van der Waals surface area contributed by atoms with Crippen molar-refractivity contribution in [3.63, 3.8) is 0 Å². The molecule has 2 unspecified atom stereocenters. The van der Waals surface area contributed by atoms with Gasteiger partial charge in [0.15, 0.2) is 0 Å². The summed E-state index contributed by atoms with van der Waals surface area (Å²) in [4.78, 5) is 22.3. The lowest BCUT2D eigenvalue weighted by Gasteiger charge is -2.16. The predicted molar refractivity (Wildman–Crippen MR) is 71.5 cm³/mol. The molecular formula is C14H17NO4. The van der Waals surface area contributed by atoms with Crippen LogP contribution < -0.4 is 5.32 Å². The quantitative estimate of drug-likeness (QED) is 0.705. The van der Waals surface area contributed by atoms with E-state index < -0.39 is 17.9 Å². The Morgan fingerprint density at radius 3 is 2.32 bits per heavy atom. The van der Waals surface area contributed by atoms with Crippen LogP contribution in [0.5, 0.6) is 5.75 Å². The maximum atomic E-state index is 11.6. The SMILES string of the molecule is CC(NC(=O)/C=C/c1ccc(O)cc1)C(C)C(=O)O. The Hall–Kier alpha value is -2.30. The molecular weight excluding hydrogens is 246 g/mol. The van der Waals surface area contributed by atoms with Crippen molar-refractivity contribution in [2.45, 2.75) is 19.9 Å². The lowest BCUT2D eigenvalue weighted by molar-refractivity contribution is -0.142. The second-order valence-electron chi connectivity index (χ2n) is 4.35. The zero-order valence-corrected chi connectivity index (χ0v) is 10.8. The standard InChI is InChI=1S/C14H17NO4/c1-9(14(18)19)10(2)15-13(17)8-5-11-3-6-12(16)7-4-11/h3-10,16H,1-2H3,(H,15,17)(H,18,19)/b8-5+. The van der Waals surface area contributed by atoms with E-state index >= 15 is 0 Å². The highest BCUT2D eigenvalue weighted by Crippen LogP contribution is 2.10. The van der Waals surface area contributed by atoms with Gasteiger partial charge in [0.25, 0.3) is 0 Å². The van der Waals surface area contributed by atoms with Crippen LogP contribution in [-0.4, -0.2) is 28.1 Å². The Balaban J connectivity index is 2.55. The molecule has 1 rings (SSSR count). The first kappa shape index (κ1) is 14.8. The van der Waals surface area contributed by atoms with Crippen LogP contribution in [0.4, 0.5) is 0 Å². The Morgan fingerprint density at radius 1 is 1.21 bits per heavy atom. The molecule has 2 atom stereocenters. The maximum Gasteiger partial charge on any atom is 0.308 e. The van der Waals surface area contributed by atoms with Crippen molar-refractivity contribution in [2.75, 3.05) is 0 Å². The number of nitrogens with one attached hydrogen (secondary N) is 1.